The number of nitrogens with zero attached hydrogens (tertiary/aromatic N) is 3. The average molecular weight is 521 g/mol. The highest BCUT2D eigenvalue weighted by molar-refractivity contribution is 7.88. The lowest BCUT2D eigenvalue weighted by Crippen LogP contribution is -2.61. The summed E-state index contributed by atoms with van der Waals surface area (Å²) in [5.74, 6) is 0.656. The van der Waals surface area contributed by atoms with Gasteiger partial charge in [0.2, 0.25) is 10.0 Å². The van der Waals surface area contributed by atoms with Gasteiger partial charge in [-0.1, -0.05) is 17.7 Å². The van der Waals surface area contributed by atoms with Gasteiger partial charge in [0.25, 0.3) is 0 Å². The van der Waals surface area contributed by atoms with Crippen molar-refractivity contribution in [1.82, 2.24) is 14.2 Å². The summed E-state index contributed by atoms with van der Waals surface area (Å²) < 4.78 is 33.0. The summed E-state index contributed by atoms with van der Waals surface area (Å²) in [5.41, 5.74) is 3.35. The van der Waals surface area contributed by atoms with Crippen molar-refractivity contribution in [3.05, 3.63) is 58.7 Å². The van der Waals surface area contributed by atoms with Crippen LogP contribution in [0, 0.1) is 11.3 Å². The SMILES string of the molecule is CC(Cc1ccc2c(ccn2-c2cc(Cl)c(OCCCl)c(C#N)c2)c1)N1CC(NS(C)(=O)=O)C1. The number of alkyl halides is 1. The standard InChI is InChI=1S/C24H26Cl2N4O3S/c1-16(29-14-20(15-29)28-34(2,31)32)9-17-3-4-23-18(10-17)5-7-30(23)21-11-19(13-27)24(22(26)12-21)33-8-6-25/h3-5,7,10-12,16,20,28H,6,8-9,14-15H2,1-2H3. The van der Waals surface area contributed by atoms with Gasteiger partial charge in [0, 0.05) is 42.4 Å². The molecule has 1 aliphatic heterocycles. The van der Waals surface area contributed by atoms with Crippen molar-refractivity contribution in [3.63, 3.8) is 0 Å². The maximum Gasteiger partial charge on any atom is 0.209 e. The van der Waals surface area contributed by atoms with Crippen LogP contribution in [0.25, 0.3) is 16.6 Å². The summed E-state index contributed by atoms with van der Waals surface area (Å²) in [7, 11) is -3.17. The normalized spacial score (nSPS) is 15.7. The molecule has 4 rings (SSSR count). The van der Waals surface area contributed by atoms with Crippen LogP contribution in [-0.4, -0.2) is 61.8 Å². The van der Waals surface area contributed by atoms with Gasteiger partial charge in [-0.15, -0.1) is 11.6 Å². The lowest BCUT2D eigenvalue weighted by Gasteiger charge is -2.43. The first kappa shape index (κ1) is 24.8. The summed E-state index contributed by atoms with van der Waals surface area (Å²) >= 11 is 12.1. The maximum atomic E-state index is 11.4. The first-order chi connectivity index (χ1) is 16.2. The molecule has 1 atom stereocenters. The largest absolute Gasteiger partial charge is 0.489 e. The zero-order valence-electron chi connectivity index (χ0n) is 19.0. The van der Waals surface area contributed by atoms with Crippen molar-refractivity contribution in [2.24, 2.45) is 0 Å². The van der Waals surface area contributed by atoms with Crippen LogP contribution in [0.15, 0.2) is 42.6 Å². The minimum atomic E-state index is -3.17. The molecule has 34 heavy (non-hydrogen) atoms. The molecule has 2 heterocycles. The van der Waals surface area contributed by atoms with E-state index in [9.17, 15) is 13.7 Å². The predicted octanol–water partition coefficient (Wildman–Crippen LogP) is 3.94. The molecule has 1 saturated heterocycles. The van der Waals surface area contributed by atoms with Crippen LogP contribution in [0.5, 0.6) is 5.75 Å². The molecule has 2 aromatic carbocycles. The molecular weight excluding hydrogens is 495 g/mol. The fourth-order valence-corrected chi connectivity index (χ4v) is 5.45. The first-order valence-corrected chi connectivity index (χ1v) is 13.7. The third-order valence-electron chi connectivity index (χ3n) is 5.95. The van der Waals surface area contributed by atoms with Crippen molar-refractivity contribution in [2.45, 2.75) is 25.4 Å². The molecule has 1 N–H and O–H groups in total. The molecule has 0 bridgehead atoms. The Morgan fingerprint density at radius 2 is 2.03 bits per heavy atom. The number of halogens is 2. The Morgan fingerprint density at radius 3 is 2.71 bits per heavy atom. The summed E-state index contributed by atoms with van der Waals surface area (Å²) in [6.07, 6.45) is 4.02. The molecule has 1 unspecified atom stereocenters. The van der Waals surface area contributed by atoms with Crippen molar-refractivity contribution in [1.29, 1.82) is 5.26 Å². The first-order valence-electron chi connectivity index (χ1n) is 10.9. The molecule has 3 aromatic rings. The van der Waals surface area contributed by atoms with E-state index in [1.54, 1.807) is 12.1 Å². The minimum absolute atomic E-state index is 0.00851. The lowest BCUT2D eigenvalue weighted by atomic mass is 10.00. The molecule has 0 saturated carbocycles. The second-order valence-corrected chi connectivity index (χ2v) is 11.2. The Morgan fingerprint density at radius 1 is 1.26 bits per heavy atom. The quantitative estimate of drug-likeness (QED) is 0.431. The molecule has 1 aliphatic rings. The van der Waals surface area contributed by atoms with E-state index in [0.29, 0.717) is 28.3 Å². The van der Waals surface area contributed by atoms with E-state index in [-0.39, 0.29) is 12.6 Å². The third-order valence-corrected chi connectivity index (χ3v) is 7.15. The van der Waals surface area contributed by atoms with Crippen LogP contribution in [0.4, 0.5) is 0 Å². The van der Waals surface area contributed by atoms with Gasteiger partial charge in [0.05, 0.1) is 28.2 Å². The number of rotatable bonds is 9. The van der Waals surface area contributed by atoms with E-state index >= 15 is 0 Å². The molecule has 1 aromatic heterocycles. The number of nitrogens with one attached hydrogen (secondary N) is 1. The summed E-state index contributed by atoms with van der Waals surface area (Å²) in [5, 5.41) is 11.0. The molecule has 1 fully saturated rings. The van der Waals surface area contributed by atoms with Crippen LogP contribution in [0.1, 0.15) is 18.1 Å². The van der Waals surface area contributed by atoms with E-state index in [1.807, 2.05) is 16.8 Å². The van der Waals surface area contributed by atoms with E-state index in [0.717, 1.165) is 36.1 Å². The minimum Gasteiger partial charge on any atom is -0.489 e. The van der Waals surface area contributed by atoms with Gasteiger partial charge in [0.1, 0.15) is 12.7 Å². The molecule has 0 radical (unpaired) electrons. The molecular formula is C24H26Cl2N4O3S. The van der Waals surface area contributed by atoms with Crippen molar-refractivity contribution in [3.8, 4) is 17.5 Å². The number of fused-ring (bicyclic) bond motifs is 1. The third kappa shape index (κ3) is 5.51. The van der Waals surface area contributed by atoms with Crippen molar-refractivity contribution in [2.75, 3.05) is 31.8 Å². The molecule has 180 valence electrons. The van der Waals surface area contributed by atoms with Gasteiger partial charge < -0.3 is 9.30 Å². The monoisotopic (exact) mass is 520 g/mol. The van der Waals surface area contributed by atoms with E-state index in [2.05, 4.69) is 40.8 Å². The van der Waals surface area contributed by atoms with Crippen molar-refractivity contribution >= 4 is 44.1 Å². The zero-order chi connectivity index (χ0) is 24.5. The number of benzene rings is 2. The number of ether oxygens (including phenoxy) is 1. The Kier molecular flexibility index (Phi) is 7.41. The van der Waals surface area contributed by atoms with Crippen LogP contribution >= 0.6 is 23.2 Å². The highest BCUT2D eigenvalue weighted by Gasteiger charge is 2.31. The average Bonchev–Trinajstić information content (AvgIpc) is 3.17. The van der Waals surface area contributed by atoms with E-state index in [1.165, 1.54) is 11.8 Å². The number of sulfonamides is 1. The summed E-state index contributed by atoms with van der Waals surface area (Å²) in [6, 6.07) is 14.4. The molecule has 7 nitrogen and oxygen atoms in total. The second-order valence-electron chi connectivity index (χ2n) is 8.63. The van der Waals surface area contributed by atoms with Gasteiger partial charge in [-0.2, -0.15) is 5.26 Å². The van der Waals surface area contributed by atoms with Gasteiger partial charge in [-0.25, -0.2) is 13.1 Å². The van der Waals surface area contributed by atoms with E-state index < -0.39 is 10.0 Å². The molecule has 0 spiro atoms. The number of likely N-dealkylation sites (tertiary alicyclic amines) is 1. The van der Waals surface area contributed by atoms with Gasteiger partial charge in [-0.05, 0) is 49.2 Å². The number of aromatic nitrogens is 1. The van der Waals surface area contributed by atoms with Crippen LogP contribution in [0.3, 0.4) is 0 Å². The summed E-state index contributed by atoms with van der Waals surface area (Å²) in [6.45, 7) is 3.87. The molecule has 0 amide bonds. The Balaban J connectivity index is 1.50. The number of nitriles is 1. The Labute approximate surface area is 209 Å². The lowest BCUT2D eigenvalue weighted by molar-refractivity contribution is 0.0952. The van der Waals surface area contributed by atoms with Crippen LogP contribution in [-0.2, 0) is 16.4 Å². The highest BCUT2D eigenvalue weighted by Crippen LogP contribution is 2.33. The number of hydrogen-bond donors (Lipinski definition) is 1. The van der Waals surface area contributed by atoms with E-state index in [4.69, 9.17) is 27.9 Å². The fraction of sp³-hybridized carbons (Fsp3) is 0.375. The smallest absolute Gasteiger partial charge is 0.209 e. The number of hydrogen-bond acceptors (Lipinski definition) is 5. The van der Waals surface area contributed by atoms with Gasteiger partial charge in [0.15, 0.2) is 5.75 Å². The molecule has 10 heteroatoms. The topological polar surface area (TPSA) is 87.4 Å². The predicted molar refractivity (Wildman–Crippen MR) is 136 cm³/mol. The van der Waals surface area contributed by atoms with Crippen molar-refractivity contribution < 1.29 is 13.2 Å². The highest BCUT2D eigenvalue weighted by atomic mass is 35.5. The summed E-state index contributed by atoms with van der Waals surface area (Å²) in [4.78, 5) is 2.28. The second kappa shape index (κ2) is 10.1. The fourth-order valence-electron chi connectivity index (χ4n) is 4.35. The molecule has 0 aliphatic carbocycles. The Bertz CT molecular complexity index is 1340. The van der Waals surface area contributed by atoms with Crippen LogP contribution < -0.4 is 9.46 Å². The van der Waals surface area contributed by atoms with Gasteiger partial charge in [-0.3, -0.25) is 4.90 Å². The zero-order valence-corrected chi connectivity index (χ0v) is 21.3. The van der Waals surface area contributed by atoms with Crippen LogP contribution in [0.2, 0.25) is 5.02 Å². The Hall–Kier alpha value is -2.28. The van der Waals surface area contributed by atoms with Gasteiger partial charge >= 0.3 is 0 Å². The maximum absolute atomic E-state index is 11.4.